The van der Waals surface area contributed by atoms with Gasteiger partial charge >= 0.3 is 5.97 Å². The van der Waals surface area contributed by atoms with Crippen molar-refractivity contribution < 1.29 is 14.7 Å². The summed E-state index contributed by atoms with van der Waals surface area (Å²) in [6.45, 7) is 11.2. The van der Waals surface area contributed by atoms with E-state index in [0.717, 1.165) is 24.0 Å². The van der Waals surface area contributed by atoms with Gasteiger partial charge in [-0.05, 0) is 65.0 Å². The Morgan fingerprint density at radius 3 is 2.15 bits per heavy atom. The molecule has 3 rings (SSSR count). The molecule has 2 aromatic rings. The number of ketones is 1. The van der Waals surface area contributed by atoms with Gasteiger partial charge < -0.3 is 5.11 Å². The van der Waals surface area contributed by atoms with Gasteiger partial charge in [0.05, 0.1) is 5.56 Å². The molecule has 0 fully saturated rings. The fraction of sp³-hybridized carbons (Fsp3) is 0.435. The summed E-state index contributed by atoms with van der Waals surface area (Å²) in [6.07, 6.45) is 3.79. The van der Waals surface area contributed by atoms with E-state index in [1.54, 1.807) is 0 Å². The first-order chi connectivity index (χ1) is 12.5. The van der Waals surface area contributed by atoms with E-state index in [0.29, 0.717) is 5.69 Å². The Bertz CT molecular complexity index is 908. The van der Waals surface area contributed by atoms with Crippen LogP contribution in [0.5, 0.6) is 0 Å². The molecule has 0 unspecified atom stereocenters. The van der Waals surface area contributed by atoms with Gasteiger partial charge in [-0.2, -0.15) is 0 Å². The zero-order valence-electron chi connectivity index (χ0n) is 16.7. The second-order valence-electron chi connectivity index (χ2n) is 8.93. The van der Waals surface area contributed by atoms with Gasteiger partial charge in [0.25, 0.3) is 0 Å². The number of fused-ring (bicyclic) bond motifs is 1. The Balaban J connectivity index is 1.94. The number of nitrogens with zero attached hydrogens (tertiary/aromatic N) is 1. The molecule has 1 N–H and O–H groups in total. The summed E-state index contributed by atoms with van der Waals surface area (Å²) in [4.78, 5) is 27.7. The van der Waals surface area contributed by atoms with Crippen LogP contribution in [0.3, 0.4) is 0 Å². The number of benzene rings is 1. The average Bonchev–Trinajstić information content (AvgIpc) is 2.60. The van der Waals surface area contributed by atoms with E-state index in [1.165, 1.54) is 29.5 Å². The largest absolute Gasteiger partial charge is 0.478 e. The van der Waals surface area contributed by atoms with Gasteiger partial charge in [-0.15, -0.1) is 0 Å². The molecule has 4 heteroatoms. The fourth-order valence-electron chi connectivity index (χ4n) is 3.91. The van der Waals surface area contributed by atoms with Crippen molar-refractivity contribution in [3.63, 3.8) is 0 Å². The van der Waals surface area contributed by atoms with E-state index in [-0.39, 0.29) is 28.6 Å². The third kappa shape index (κ3) is 3.66. The molecule has 1 aromatic carbocycles. The summed E-state index contributed by atoms with van der Waals surface area (Å²) >= 11 is 0. The number of hydrogen-bond acceptors (Lipinski definition) is 3. The summed E-state index contributed by atoms with van der Waals surface area (Å²) in [5.74, 6) is -1.14. The number of pyridine rings is 1. The van der Waals surface area contributed by atoms with E-state index < -0.39 is 5.97 Å². The number of carboxylic acid groups (broad SMARTS) is 1. The number of Topliss-reactive ketones (excluding diaryl/α,β-unsaturated/α-hetero) is 1. The number of rotatable bonds is 4. The SMILES string of the molecule is Cc1cc2c(cc1CC(=O)c1ccc(C(=O)O)cn1)C(C)(C)CCC2(C)C. The van der Waals surface area contributed by atoms with E-state index in [9.17, 15) is 9.59 Å². The molecule has 0 atom stereocenters. The lowest BCUT2D eigenvalue weighted by molar-refractivity contribution is 0.0695. The molecule has 1 aliphatic carbocycles. The molecule has 0 saturated heterocycles. The van der Waals surface area contributed by atoms with E-state index in [2.05, 4.69) is 51.7 Å². The van der Waals surface area contributed by atoms with Crippen molar-refractivity contribution in [1.82, 2.24) is 4.98 Å². The minimum atomic E-state index is -1.04. The number of aromatic carboxylic acids is 1. The molecule has 1 aromatic heterocycles. The molecule has 0 aliphatic heterocycles. The topological polar surface area (TPSA) is 67.3 Å². The zero-order chi connectivity index (χ0) is 20.0. The predicted octanol–water partition coefficient (Wildman–Crippen LogP) is 4.86. The first-order valence-electron chi connectivity index (χ1n) is 9.38. The molecule has 0 saturated carbocycles. The maximum absolute atomic E-state index is 12.7. The van der Waals surface area contributed by atoms with Crippen LogP contribution in [0.4, 0.5) is 0 Å². The van der Waals surface area contributed by atoms with Crippen LogP contribution in [-0.4, -0.2) is 21.8 Å². The van der Waals surface area contributed by atoms with Crippen LogP contribution in [0.2, 0.25) is 0 Å². The van der Waals surface area contributed by atoms with Crippen molar-refractivity contribution in [2.24, 2.45) is 0 Å². The van der Waals surface area contributed by atoms with Gasteiger partial charge in [-0.25, -0.2) is 4.79 Å². The van der Waals surface area contributed by atoms with Crippen molar-refractivity contribution in [1.29, 1.82) is 0 Å². The van der Waals surface area contributed by atoms with Crippen LogP contribution in [0.1, 0.15) is 83.6 Å². The van der Waals surface area contributed by atoms with Crippen molar-refractivity contribution in [2.45, 2.75) is 64.7 Å². The van der Waals surface area contributed by atoms with E-state index in [1.807, 2.05) is 0 Å². The lowest BCUT2D eigenvalue weighted by Crippen LogP contribution is -2.34. The van der Waals surface area contributed by atoms with Crippen molar-refractivity contribution in [3.05, 3.63) is 64.0 Å². The maximum Gasteiger partial charge on any atom is 0.337 e. The van der Waals surface area contributed by atoms with Crippen LogP contribution in [0, 0.1) is 6.92 Å². The average molecular weight is 365 g/mol. The highest BCUT2D eigenvalue weighted by molar-refractivity contribution is 5.96. The molecule has 0 amide bonds. The third-order valence-electron chi connectivity index (χ3n) is 5.96. The van der Waals surface area contributed by atoms with E-state index >= 15 is 0 Å². The standard InChI is InChI=1S/C23H27NO3/c1-14-10-17-18(23(4,5)9-8-22(17,2)3)11-16(14)12-20(25)19-7-6-15(13-24-19)21(26)27/h6-7,10-11,13H,8-9,12H2,1-5H3,(H,26,27). The van der Waals surface area contributed by atoms with Crippen molar-refractivity contribution in [2.75, 3.05) is 0 Å². The highest BCUT2D eigenvalue weighted by Crippen LogP contribution is 2.46. The third-order valence-corrected chi connectivity index (χ3v) is 5.96. The van der Waals surface area contributed by atoms with Gasteiger partial charge in [-0.1, -0.05) is 39.8 Å². The fourth-order valence-corrected chi connectivity index (χ4v) is 3.91. The Morgan fingerprint density at radius 1 is 1.04 bits per heavy atom. The second-order valence-corrected chi connectivity index (χ2v) is 8.93. The number of carboxylic acids is 1. The van der Waals surface area contributed by atoms with Gasteiger partial charge in [0.1, 0.15) is 5.69 Å². The minimum absolute atomic E-state index is 0.0838. The number of aryl methyl sites for hydroxylation is 1. The molecule has 0 spiro atoms. The lowest BCUT2D eigenvalue weighted by Gasteiger charge is -2.42. The summed E-state index contributed by atoms with van der Waals surface area (Å²) in [6, 6.07) is 7.37. The molecule has 1 heterocycles. The monoisotopic (exact) mass is 365 g/mol. The maximum atomic E-state index is 12.7. The summed E-state index contributed by atoms with van der Waals surface area (Å²) < 4.78 is 0. The lowest BCUT2D eigenvalue weighted by atomic mass is 9.62. The highest BCUT2D eigenvalue weighted by Gasteiger charge is 2.37. The molecule has 142 valence electrons. The van der Waals surface area contributed by atoms with Gasteiger partial charge in [0.15, 0.2) is 5.78 Å². The molecule has 0 radical (unpaired) electrons. The first-order valence-corrected chi connectivity index (χ1v) is 9.38. The van der Waals surface area contributed by atoms with Gasteiger partial charge in [0, 0.05) is 12.6 Å². The van der Waals surface area contributed by atoms with Crippen LogP contribution in [-0.2, 0) is 17.3 Å². The Morgan fingerprint density at radius 2 is 1.63 bits per heavy atom. The summed E-state index contributed by atoms with van der Waals surface area (Å²) in [5, 5.41) is 8.96. The summed E-state index contributed by atoms with van der Waals surface area (Å²) in [7, 11) is 0. The zero-order valence-corrected chi connectivity index (χ0v) is 16.7. The molecule has 27 heavy (non-hydrogen) atoms. The van der Waals surface area contributed by atoms with Crippen LogP contribution in [0.15, 0.2) is 30.5 Å². The molecule has 4 nitrogen and oxygen atoms in total. The Hall–Kier alpha value is -2.49. The number of hydrogen-bond donors (Lipinski definition) is 1. The van der Waals surface area contributed by atoms with Crippen molar-refractivity contribution in [3.8, 4) is 0 Å². The molecule has 0 bridgehead atoms. The number of carbonyl (C=O) groups excluding carboxylic acids is 1. The molecule has 1 aliphatic rings. The summed E-state index contributed by atoms with van der Waals surface area (Å²) in [5.41, 5.74) is 5.49. The molecular weight excluding hydrogens is 338 g/mol. The van der Waals surface area contributed by atoms with E-state index in [4.69, 9.17) is 5.11 Å². The minimum Gasteiger partial charge on any atom is -0.478 e. The second kappa shape index (κ2) is 6.59. The predicted molar refractivity (Wildman–Crippen MR) is 106 cm³/mol. The smallest absolute Gasteiger partial charge is 0.337 e. The van der Waals surface area contributed by atoms with Crippen molar-refractivity contribution >= 4 is 11.8 Å². The normalized spacial score (nSPS) is 17.2. The first kappa shape index (κ1) is 19.3. The number of aromatic nitrogens is 1. The quantitative estimate of drug-likeness (QED) is 0.786. The Labute approximate surface area is 160 Å². The Kier molecular flexibility index (Phi) is 4.71. The van der Waals surface area contributed by atoms with Crippen LogP contribution in [0.25, 0.3) is 0 Å². The van der Waals surface area contributed by atoms with Gasteiger partial charge in [-0.3, -0.25) is 9.78 Å². The number of carbonyl (C=O) groups is 2. The van der Waals surface area contributed by atoms with Crippen LogP contribution < -0.4 is 0 Å². The molecular formula is C23H27NO3. The van der Waals surface area contributed by atoms with Gasteiger partial charge in [0.2, 0.25) is 0 Å². The highest BCUT2D eigenvalue weighted by atomic mass is 16.4. The van der Waals surface area contributed by atoms with Crippen LogP contribution >= 0.6 is 0 Å².